The van der Waals surface area contributed by atoms with Gasteiger partial charge in [0.1, 0.15) is 12.3 Å². The van der Waals surface area contributed by atoms with E-state index in [1.165, 1.54) is 10.8 Å². The molecule has 2 N–H and O–H groups in total. The Morgan fingerprint density at radius 2 is 2.05 bits per heavy atom. The fourth-order valence-electron chi connectivity index (χ4n) is 2.47. The fourth-order valence-corrected chi connectivity index (χ4v) is 2.47. The first-order valence-corrected chi connectivity index (χ1v) is 6.77. The van der Waals surface area contributed by atoms with Crippen molar-refractivity contribution in [1.29, 1.82) is 0 Å². The molecule has 0 amide bonds. The summed E-state index contributed by atoms with van der Waals surface area (Å²) in [6, 6.07) is 9.57. The lowest BCUT2D eigenvalue weighted by Crippen LogP contribution is -2.27. The summed E-state index contributed by atoms with van der Waals surface area (Å²) >= 11 is 0. The van der Waals surface area contributed by atoms with Crippen molar-refractivity contribution in [3.8, 4) is 11.1 Å². The molecule has 1 aromatic heterocycles. The molecule has 1 aliphatic rings. The van der Waals surface area contributed by atoms with Crippen LogP contribution in [0.1, 0.15) is 12.6 Å². The molecule has 2 heterocycles. The van der Waals surface area contributed by atoms with Crippen molar-refractivity contribution in [2.45, 2.75) is 24.9 Å². The van der Waals surface area contributed by atoms with Gasteiger partial charge in [0.2, 0.25) is 0 Å². The van der Waals surface area contributed by atoms with Gasteiger partial charge in [0.15, 0.2) is 0 Å². The molecule has 0 saturated carbocycles. The van der Waals surface area contributed by atoms with Crippen molar-refractivity contribution in [2.75, 3.05) is 6.61 Å². The summed E-state index contributed by atoms with van der Waals surface area (Å²) in [5.74, 6) is 0. The number of hydrogen-bond donors (Lipinski definition) is 2. The van der Waals surface area contributed by atoms with Gasteiger partial charge < -0.3 is 14.9 Å². The van der Waals surface area contributed by atoms with Crippen molar-refractivity contribution in [1.82, 2.24) is 9.55 Å². The quantitative estimate of drug-likeness (QED) is 0.861. The molecule has 0 aliphatic carbocycles. The number of ether oxygens (including phenoxy) is 1. The normalized spacial score (nSPS) is 25.1. The summed E-state index contributed by atoms with van der Waals surface area (Å²) in [4.78, 5) is 15.8. The molecule has 6 nitrogen and oxygen atoms in total. The lowest BCUT2D eigenvalue weighted by Gasteiger charge is -2.15. The first-order valence-electron chi connectivity index (χ1n) is 6.77. The number of aliphatic hydroxyl groups is 2. The second-order valence-corrected chi connectivity index (χ2v) is 5.01. The highest BCUT2D eigenvalue weighted by Crippen LogP contribution is 2.28. The standard InChI is InChI=1S/C15H16N2O4/c18-9-13-12(19)6-14(21-13)17-8-11(7-16-15(17)20)10-4-2-1-3-5-10/h1-5,7-8,12-14,18-19H,6,9H2/t12-,13+,14-/m0/s1. The van der Waals surface area contributed by atoms with E-state index in [0.717, 1.165) is 11.1 Å². The SMILES string of the molecule is O=c1ncc(-c2ccccc2)cn1[C@@H]1C[C@H](O)[C@@H](CO)O1. The molecule has 0 bridgehead atoms. The summed E-state index contributed by atoms with van der Waals surface area (Å²) in [6.45, 7) is -0.280. The van der Waals surface area contributed by atoms with Crippen molar-refractivity contribution >= 4 is 0 Å². The van der Waals surface area contributed by atoms with E-state index in [4.69, 9.17) is 9.84 Å². The summed E-state index contributed by atoms with van der Waals surface area (Å²) in [5, 5.41) is 18.9. The molecular weight excluding hydrogens is 272 g/mol. The van der Waals surface area contributed by atoms with Gasteiger partial charge in [0, 0.05) is 24.4 Å². The van der Waals surface area contributed by atoms with Gasteiger partial charge in [0.05, 0.1) is 12.7 Å². The maximum absolute atomic E-state index is 11.9. The molecule has 3 atom stereocenters. The van der Waals surface area contributed by atoms with Crippen LogP contribution in [-0.4, -0.2) is 38.6 Å². The molecule has 1 saturated heterocycles. The van der Waals surface area contributed by atoms with Crippen LogP contribution in [0.3, 0.4) is 0 Å². The summed E-state index contributed by atoms with van der Waals surface area (Å²) in [6.07, 6.45) is 1.38. The lowest BCUT2D eigenvalue weighted by atomic mass is 10.1. The first-order chi connectivity index (χ1) is 10.2. The van der Waals surface area contributed by atoms with Crippen molar-refractivity contribution in [3.05, 3.63) is 53.2 Å². The Morgan fingerprint density at radius 1 is 1.29 bits per heavy atom. The molecule has 21 heavy (non-hydrogen) atoms. The highest BCUT2D eigenvalue weighted by atomic mass is 16.5. The summed E-state index contributed by atoms with van der Waals surface area (Å²) in [7, 11) is 0. The summed E-state index contributed by atoms with van der Waals surface area (Å²) in [5.41, 5.74) is 1.29. The van der Waals surface area contributed by atoms with E-state index < -0.39 is 24.1 Å². The van der Waals surface area contributed by atoms with E-state index in [2.05, 4.69) is 4.98 Å². The molecule has 6 heteroatoms. The van der Waals surface area contributed by atoms with E-state index in [9.17, 15) is 9.90 Å². The Bertz CT molecular complexity index is 671. The largest absolute Gasteiger partial charge is 0.394 e. The van der Waals surface area contributed by atoms with Crippen LogP contribution in [0.2, 0.25) is 0 Å². The number of rotatable bonds is 3. The van der Waals surface area contributed by atoms with E-state index >= 15 is 0 Å². The highest BCUT2D eigenvalue weighted by molar-refractivity contribution is 5.60. The minimum Gasteiger partial charge on any atom is -0.394 e. The minimum atomic E-state index is -0.785. The van der Waals surface area contributed by atoms with E-state index in [1.54, 1.807) is 6.20 Å². The molecular formula is C15H16N2O4. The number of nitrogens with zero attached hydrogens (tertiary/aromatic N) is 2. The zero-order chi connectivity index (χ0) is 14.8. The van der Waals surface area contributed by atoms with Gasteiger partial charge in [-0.15, -0.1) is 0 Å². The minimum absolute atomic E-state index is 0.255. The van der Waals surface area contributed by atoms with E-state index in [1.807, 2.05) is 30.3 Å². The maximum atomic E-state index is 11.9. The third-order valence-electron chi connectivity index (χ3n) is 3.61. The highest BCUT2D eigenvalue weighted by Gasteiger charge is 2.35. The average Bonchev–Trinajstić information content (AvgIpc) is 2.89. The van der Waals surface area contributed by atoms with E-state index in [-0.39, 0.29) is 13.0 Å². The second-order valence-electron chi connectivity index (χ2n) is 5.01. The van der Waals surface area contributed by atoms with Gasteiger partial charge in [-0.1, -0.05) is 30.3 Å². The van der Waals surface area contributed by atoms with Gasteiger partial charge in [-0.2, -0.15) is 0 Å². The molecule has 0 unspecified atom stereocenters. The molecule has 0 radical (unpaired) electrons. The molecule has 110 valence electrons. The Morgan fingerprint density at radius 3 is 2.71 bits per heavy atom. The topological polar surface area (TPSA) is 84.6 Å². The number of hydrogen-bond acceptors (Lipinski definition) is 5. The number of aliphatic hydroxyl groups excluding tert-OH is 2. The van der Waals surface area contributed by atoms with Gasteiger partial charge >= 0.3 is 5.69 Å². The number of aromatic nitrogens is 2. The third-order valence-corrected chi connectivity index (χ3v) is 3.61. The molecule has 3 rings (SSSR count). The molecule has 0 spiro atoms. The molecule has 1 aliphatic heterocycles. The Kier molecular flexibility index (Phi) is 3.83. The van der Waals surface area contributed by atoms with Crippen LogP contribution in [0, 0.1) is 0 Å². The van der Waals surface area contributed by atoms with Crippen LogP contribution in [0.4, 0.5) is 0 Å². The molecule has 1 aromatic carbocycles. The zero-order valence-corrected chi connectivity index (χ0v) is 11.3. The van der Waals surface area contributed by atoms with Gasteiger partial charge in [-0.05, 0) is 5.56 Å². The Hall–Kier alpha value is -2.02. The van der Waals surface area contributed by atoms with Gasteiger partial charge in [-0.25, -0.2) is 9.78 Å². The Labute approximate surface area is 121 Å². The van der Waals surface area contributed by atoms with Crippen molar-refractivity contribution in [3.63, 3.8) is 0 Å². The molecule has 2 aromatic rings. The Balaban J connectivity index is 1.95. The smallest absolute Gasteiger partial charge is 0.349 e. The van der Waals surface area contributed by atoms with Crippen LogP contribution in [-0.2, 0) is 4.74 Å². The van der Waals surface area contributed by atoms with Crippen LogP contribution >= 0.6 is 0 Å². The average molecular weight is 288 g/mol. The maximum Gasteiger partial charge on any atom is 0.349 e. The van der Waals surface area contributed by atoms with Crippen LogP contribution in [0.25, 0.3) is 11.1 Å². The molecule has 1 fully saturated rings. The monoisotopic (exact) mass is 288 g/mol. The van der Waals surface area contributed by atoms with E-state index in [0.29, 0.717) is 0 Å². The zero-order valence-electron chi connectivity index (χ0n) is 11.3. The van der Waals surface area contributed by atoms with Crippen molar-refractivity contribution < 1.29 is 14.9 Å². The predicted octanol–water partition coefficient (Wildman–Crippen LogP) is 0.551. The van der Waals surface area contributed by atoms with Crippen molar-refractivity contribution in [2.24, 2.45) is 0 Å². The van der Waals surface area contributed by atoms with Crippen LogP contribution in [0.5, 0.6) is 0 Å². The second kappa shape index (κ2) is 5.77. The number of benzene rings is 1. The first kappa shape index (κ1) is 13.9. The van der Waals surface area contributed by atoms with Gasteiger partial charge in [-0.3, -0.25) is 4.57 Å². The lowest BCUT2D eigenvalue weighted by molar-refractivity contribution is -0.0458. The van der Waals surface area contributed by atoms with Gasteiger partial charge in [0.25, 0.3) is 0 Å². The summed E-state index contributed by atoms with van der Waals surface area (Å²) < 4.78 is 6.87. The fraction of sp³-hybridized carbons (Fsp3) is 0.333. The van der Waals surface area contributed by atoms with Crippen LogP contribution in [0.15, 0.2) is 47.5 Å². The predicted molar refractivity (Wildman–Crippen MR) is 75.6 cm³/mol. The third kappa shape index (κ3) is 2.73. The van der Waals surface area contributed by atoms with Crippen LogP contribution < -0.4 is 5.69 Å².